The lowest BCUT2D eigenvalue weighted by Gasteiger charge is -2.10. The summed E-state index contributed by atoms with van der Waals surface area (Å²) in [5.41, 5.74) is 1.65. The number of aryl methyl sites for hydroxylation is 1. The molecule has 128 valence electrons. The van der Waals surface area contributed by atoms with Gasteiger partial charge in [-0.25, -0.2) is 13.2 Å². The molecule has 6 nitrogen and oxygen atoms in total. The first-order valence-corrected chi connectivity index (χ1v) is 9.01. The Morgan fingerprint density at radius 3 is 2.33 bits per heavy atom. The summed E-state index contributed by atoms with van der Waals surface area (Å²) in [6.45, 7) is 3.76. The summed E-state index contributed by atoms with van der Waals surface area (Å²) in [5, 5.41) is 2.90. The molecule has 2 aromatic rings. The number of nitrogens with one attached hydrogen (secondary N) is 2. The molecule has 1 amide bonds. The van der Waals surface area contributed by atoms with Crippen LogP contribution in [-0.4, -0.2) is 21.1 Å². The second kappa shape index (κ2) is 7.55. The first kappa shape index (κ1) is 18.1. The maximum atomic E-state index is 12.4. The molecule has 0 saturated carbocycles. The van der Waals surface area contributed by atoms with Crippen molar-refractivity contribution < 1.29 is 17.9 Å². The van der Waals surface area contributed by atoms with Crippen molar-refractivity contribution in [3.8, 4) is 0 Å². The molecule has 0 aliphatic heterocycles. The minimum Gasteiger partial charge on any atom is -0.450 e. The van der Waals surface area contributed by atoms with Crippen molar-refractivity contribution in [1.82, 2.24) is 0 Å². The third-order valence-corrected chi connectivity index (χ3v) is 4.90. The zero-order chi connectivity index (χ0) is 17.7. The lowest BCUT2D eigenvalue weighted by atomic mass is 10.2. The van der Waals surface area contributed by atoms with Crippen molar-refractivity contribution in [1.29, 1.82) is 0 Å². The van der Waals surface area contributed by atoms with Gasteiger partial charge >= 0.3 is 6.09 Å². The number of amides is 1. The van der Waals surface area contributed by atoms with Crippen LogP contribution in [0.2, 0.25) is 5.02 Å². The van der Waals surface area contributed by atoms with Crippen LogP contribution in [0.5, 0.6) is 0 Å². The number of anilines is 2. The molecule has 2 aromatic carbocycles. The van der Waals surface area contributed by atoms with Gasteiger partial charge in [0.2, 0.25) is 0 Å². The highest BCUT2D eigenvalue weighted by Crippen LogP contribution is 2.23. The molecule has 0 aliphatic carbocycles. The number of sulfonamides is 1. The van der Waals surface area contributed by atoms with Crippen molar-refractivity contribution in [2.24, 2.45) is 0 Å². The lowest BCUT2D eigenvalue weighted by Crippen LogP contribution is -2.14. The Balaban J connectivity index is 2.12. The molecule has 0 fully saturated rings. The monoisotopic (exact) mass is 368 g/mol. The van der Waals surface area contributed by atoms with Crippen LogP contribution in [0.1, 0.15) is 12.5 Å². The zero-order valence-corrected chi connectivity index (χ0v) is 14.7. The standard InChI is InChI=1S/C16H17ClN2O4S/c1-3-23-16(20)18-12-5-7-13(8-6-12)19-24(21,22)14-9-4-11(2)15(17)10-14/h4-10,19H,3H2,1-2H3,(H,18,20). The number of hydrogen-bond donors (Lipinski definition) is 2. The number of carbonyl (C=O) groups is 1. The van der Waals surface area contributed by atoms with Gasteiger partial charge < -0.3 is 4.74 Å². The molecule has 2 rings (SSSR count). The first-order valence-electron chi connectivity index (χ1n) is 7.14. The highest BCUT2D eigenvalue weighted by atomic mass is 35.5. The summed E-state index contributed by atoms with van der Waals surface area (Å²) in [5.74, 6) is 0. The highest BCUT2D eigenvalue weighted by Gasteiger charge is 2.15. The molecule has 2 N–H and O–H groups in total. The lowest BCUT2D eigenvalue weighted by molar-refractivity contribution is 0.168. The van der Waals surface area contributed by atoms with E-state index in [9.17, 15) is 13.2 Å². The smallest absolute Gasteiger partial charge is 0.411 e. The van der Waals surface area contributed by atoms with Gasteiger partial charge in [0, 0.05) is 16.4 Å². The largest absolute Gasteiger partial charge is 0.450 e. The van der Waals surface area contributed by atoms with E-state index in [-0.39, 0.29) is 11.5 Å². The van der Waals surface area contributed by atoms with Crippen molar-refractivity contribution in [2.45, 2.75) is 18.7 Å². The minimum absolute atomic E-state index is 0.0758. The van der Waals surface area contributed by atoms with Crippen molar-refractivity contribution in [3.63, 3.8) is 0 Å². The molecule has 0 bridgehead atoms. The second-order valence-corrected chi connectivity index (χ2v) is 7.03. The molecular weight excluding hydrogens is 352 g/mol. The summed E-state index contributed by atoms with van der Waals surface area (Å²) in [4.78, 5) is 11.4. The van der Waals surface area contributed by atoms with E-state index < -0.39 is 16.1 Å². The number of halogens is 1. The van der Waals surface area contributed by atoms with Gasteiger partial charge in [0.05, 0.1) is 11.5 Å². The molecule has 0 unspecified atom stereocenters. The Labute approximate surface area is 145 Å². The van der Waals surface area contributed by atoms with E-state index in [2.05, 4.69) is 10.0 Å². The van der Waals surface area contributed by atoms with Gasteiger partial charge in [-0.15, -0.1) is 0 Å². The maximum absolute atomic E-state index is 12.4. The quantitative estimate of drug-likeness (QED) is 0.834. The van der Waals surface area contributed by atoms with Crippen LogP contribution in [0.25, 0.3) is 0 Å². The summed E-state index contributed by atoms with van der Waals surface area (Å²) < 4.78 is 31.9. The predicted octanol–water partition coefficient (Wildman–Crippen LogP) is 4.02. The van der Waals surface area contributed by atoms with Gasteiger partial charge in [0.25, 0.3) is 10.0 Å². The fourth-order valence-electron chi connectivity index (χ4n) is 1.86. The van der Waals surface area contributed by atoms with Gasteiger partial charge in [0.1, 0.15) is 0 Å². The maximum Gasteiger partial charge on any atom is 0.411 e. The number of benzene rings is 2. The number of hydrogen-bond acceptors (Lipinski definition) is 4. The third kappa shape index (κ3) is 4.62. The summed E-state index contributed by atoms with van der Waals surface area (Å²) in [6.07, 6.45) is -0.569. The molecule has 0 atom stereocenters. The average Bonchev–Trinajstić information content (AvgIpc) is 2.52. The molecular formula is C16H17ClN2O4S. The highest BCUT2D eigenvalue weighted by molar-refractivity contribution is 7.92. The minimum atomic E-state index is -3.74. The first-order chi connectivity index (χ1) is 11.3. The SMILES string of the molecule is CCOC(=O)Nc1ccc(NS(=O)(=O)c2ccc(C)c(Cl)c2)cc1. The van der Waals surface area contributed by atoms with Gasteiger partial charge in [-0.3, -0.25) is 10.0 Å². The molecule has 0 aliphatic rings. The molecule has 0 saturated heterocycles. The number of ether oxygens (including phenoxy) is 1. The summed E-state index contributed by atoms with van der Waals surface area (Å²) in [7, 11) is -3.74. The van der Waals surface area contributed by atoms with Crippen LogP contribution in [0, 0.1) is 6.92 Å². The molecule has 8 heteroatoms. The number of carbonyl (C=O) groups excluding carboxylic acids is 1. The van der Waals surface area contributed by atoms with Crippen LogP contribution >= 0.6 is 11.6 Å². The van der Waals surface area contributed by atoms with E-state index in [4.69, 9.17) is 16.3 Å². The Morgan fingerprint density at radius 1 is 1.12 bits per heavy atom. The predicted molar refractivity (Wildman–Crippen MR) is 94.1 cm³/mol. The van der Waals surface area contributed by atoms with E-state index >= 15 is 0 Å². The third-order valence-electron chi connectivity index (χ3n) is 3.11. The van der Waals surface area contributed by atoms with E-state index in [1.54, 1.807) is 32.0 Å². The van der Waals surface area contributed by atoms with Crippen molar-refractivity contribution in [3.05, 3.63) is 53.1 Å². The number of rotatable bonds is 5. The Bertz CT molecular complexity index is 836. The van der Waals surface area contributed by atoms with Gasteiger partial charge in [-0.2, -0.15) is 0 Å². The summed E-state index contributed by atoms with van der Waals surface area (Å²) >= 11 is 5.97. The van der Waals surface area contributed by atoms with Crippen LogP contribution in [0.3, 0.4) is 0 Å². The fourth-order valence-corrected chi connectivity index (χ4v) is 3.19. The van der Waals surface area contributed by atoms with Crippen LogP contribution in [0.4, 0.5) is 16.2 Å². The average molecular weight is 369 g/mol. The fraction of sp³-hybridized carbons (Fsp3) is 0.188. The van der Waals surface area contributed by atoms with Crippen molar-refractivity contribution in [2.75, 3.05) is 16.6 Å². The Morgan fingerprint density at radius 2 is 1.75 bits per heavy atom. The second-order valence-electron chi connectivity index (χ2n) is 4.94. The zero-order valence-electron chi connectivity index (χ0n) is 13.2. The van der Waals surface area contributed by atoms with E-state index in [1.165, 1.54) is 24.3 Å². The van der Waals surface area contributed by atoms with E-state index in [0.717, 1.165) is 5.56 Å². The van der Waals surface area contributed by atoms with Crippen LogP contribution in [0.15, 0.2) is 47.4 Å². The molecule has 0 heterocycles. The molecule has 24 heavy (non-hydrogen) atoms. The molecule has 0 aromatic heterocycles. The van der Waals surface area contributed by atoms with E-state index in [0.29, 0.717) is 16.4 Å². The molecule has 0 spiro atoms. The van der Waals surface area contributed by atoms with Crippen LogP contribution in [-0.2, 0) is 14.8 Å². The normalized spacial score (nSPS) is 11.0. The van der Waals surface area contributed by atoms with Crippen molar-refractivity contribution >= 4 is 39.1 Å². The van der Waals surface area contributed by atoms with Gasteiger partial charge in [0.15, 0.2) is 0 Å². The van der Waals surface area contributed by atoms with Gasteiger partial charge in [-0.1, -0.05) is 17.7 Å². The van der Waals surface area contributed by atoms with Gasteiger partial charge in [-0.05, 0) is 55.8 Å². The topological polar surface area (TPSA) is 84.5 Å². The summed E-state index contributed by atoms with van der Waals surface area (Å²) in [6, 6.07) is 10.7. The van der Waals surface area contributed by atoms with E-state index in [1.807, 2.05) is 0 Å². The van der Waals surface area contributed by atoms with Crippen LogP contribution < -0.4 is 10.0 Å². The Kier molecular flexibility index (Phi) is 5.69. The molecule has 0 radical (unpaired) electrons. The Hall–Kier alpha value is -2.25.